The van der Waals surface area contributed by atoms with E-state index in [4.69, 9.17) is 0 Å². The van der Waals surface area contributed by atoms with E-state index in [0.717, 1.165) is 36.8 Å². The van der Waals surface area contributed by atoms with Gasteiger partial charge in [-0.2, -0.15) is 0 Å². The van der Waals surface area contributed by atoms with Crippen molar-refractivity contribution in [3.05, 3.63) is 71.3 Å². The van der Waals surface area contributed by atoms with Crippen LogP contribution in [0.15, 0.2) is 54.6 Å². The van der Waals surface area contributed by atoms with Gasteiger partial charge in [0.15, 0.2) is 5.78 Å². The van der Waals surface area contributed by atoms with Gasteiger partial charge in [0.25, 0.3) is 0 Å². The molecule has 2 aromatic rings. The van der Waals surface area contributed by atoms with Crippen LogP contribution in [0.5, 0.6) is 0 Å². The molecule has 2 heteroatoms. The summed E-state index contributed by atoms with van der Waals surface area (Å²) in [6.45, 7) is 0. The van der Waals surface area contributed by atoms with Gasteiger partial charge in [-0.05, 0) is 24.0 Å². The van der Waals surface area contributed by atoms with Crippen molar-refractivity contribution in [1.29, 1.82) is 0 Å². The SMILES string of the molecule is O=C(Cc1ccccc1)c1ccccc1C1(O)CCCCC1. The molecule has 0 saturated heterocycles. The lowest BCUT2D eigenvalue weighted by molar-refractivity contribution is -0.00133. The van der Waals surface area contributed by atoms with Crippen LogP contribution in [0.4, 0.5) is 0 Å². The van der Waals surface area contributed by atoms with E-state index in [1.165, 1.54) is 6.42 Å². The summed E-state index contributed by atoms with van der Waals surface area (Å²) in [6, 6.07) is 17.4. The molecule has 114 valence electrons. The second-order valence-electron chi connectivity index (χ2n) is 6.22. The third-order valence-electron chi connectivity index (χ3n) is 4.62. The first-order valence-electron chi connectivity index (χ1n) is 8.08. The van der Waals surface area contributed by atoms with Gasteiger partial charge in [-0.3, -0.25) is 4.79 Å². The lowest BCUT2D eigenvalue weighted by Crippen LogP contribution is -2.30. The Kier molecular flexibility index (Phi) is 4.39. The van der Waals surface area contributed by atoms with Crippen LogP contribution in [0.1, 0.15) is 53.6 Å². The third kappa shape index (κ3) is 3.12. The number of hydrogen-bond donors (Lipinski definition) is 1. The highest BCUT2D eigenvalue weighted by molar-refractivity contribution is 5.99. The topological polar surface area (TPSA) is 37.3 Å². The molecule has 0 aromatic heterocycles. The molecule has 1 saturated carbocycles. The lowest BCUT2D eigenvalue weighted by atomic mass is 9.77. The minimum atomic E-state index is -0.832. The van der Waals surface area contributed by atoms with Crippen LogP contribution < -0.4 is 0 Å². The van der Waals surface area contributed by atoms with Gasteiger partial charge >= 0.3 is 0 Å². The second-order valence-corrected chi connectivity index (χ2v) is 6.22. The van der Waals surface area contributed by atoms with Crippen molar-refractivity contribution in [3.8, 4) is 0 Å². The number of Topliss-reactive ketones (excluding diaryl/α,β-unsaturated/α-hetero) is 1. The molecule has 0 aliphatic heterocycles. The Hall–Kier alpha value is -1.93. The first-order valence-corrected chi connectivity index (χ1v) is 8.08. The molecule has 3 rings (SSSR count). The average Bonchev–Trinajstić information content (AvgIpc) is 2.56. The van der Waals surface area contributed by atoms with Gasteiger partial charge in [0.1, 0.15) is 0 Å². The van der Waals surface area contributed by atoms with Gasteiger partial charge in [0, 0.05) is 12.0 Å². The van der Waals surface area contributed by atoms with Crippen molar-refractivity contribution in [1.82, 2.24) is 0 Å². The van der Waals surface area contributed by atoms with Crippen LogP contribution in [0, 0.1) is 0 Å². The fourth-order valence-corrected chi connectivity index (χ4v) is 3.41. The summed E-state index contributed by atoms with van der Waals surface area (Å²) in [5, 5.41) is 11.0. The van der Waals surface area contributed by atoms with Gasteiger partial charge in [0.2, 0.25) is 0 Å². The maximum Gasteiger partial charge on any atom is 0.167 e. The molecule has 0 unspecified atom stereocenters. The van der Waals surface area contributed by atoms with E-state index in [2.05, 4.69) is 0 Å². The van der Waals surface area contributed by atoms with Crippen LogP contribution in [-0.4, -0.2) is 10.9 Å². The standard InChI is InChI=1S/C20H22O2/c21-19(15-16-9-3-1-4-10-16)17-11-5-6-12-18(17)20(22)13-7-2-8-14-20/h1,3-6,9-12,22H,2,7-8,13-15H2. The largest absolute Gasteiger partial charge is 0.385 e. The number of carbonyl (C=O) groups excluding carboxylic acids is 1. The summed E-state index contributed by atoms with van der Waals surface area (Å²) in [4.78, 5) is 12.7. The van der Waals surface area contributed by atoms with Crippen LogP contribution in [0.3, 0.4) is 0 Å². The highest BCUT2D eigenvalue weighted by Gasteiger charge is 2.34. The molecule has 0 spiro atoms. The van der Waals surface area contributed by atoms with Crippen LogP contribution >= 0.6 is 0 Å². The van der Waals surface area contributed by atoms with Gasteiger partial charge < -0.3 is 5.11 Å². The van der Waals surface area contributed by atoms with Crippen molar-refractivity contribution >= 4 is 5.78 Å². The van der Waals surface area contributed by atoms with E-state index in [1.807, 2.05) is 54.6 Å². The number of ketones is 1. The maximum absolute atomic E-state index is 12.7. The number of hydrogen-bond acceptors (Lipinski definition) is 2. The molecule has 0 amide bonds. The molecule has 0 radical (unpaired) electrons. The number of carbonyl (C=O) groups is 1. The molecular formula is C20H22O2. The molecule has 1 aliphatic carbocycles. The summed E-state index contributed by atoms with van der Waals surface area (Å²) in [5.41, 5.74) is 1.67. The summed E-state index contributed by atoms with van der Waals surface area (Å²) in [5.74, 6) is 0.0841. The number of rotatable bonds is 4. The Morgan fingerprint density at radius 2 is 1.55 bits per heavy atom. The molecule has 1 aliphatic rings. The molecule has 0 atom stereocenters. The molecule has 1 N–H and O–H groups in total. The summed E-state index contributed by atoms with van der Waals surface area (Å²) >= 11 is 0. The highest BCUT2D eigenvalue weighted by atomic mass is 16.3. The predicted octanol–water partition coefficient (Wildman–Crippen LogP) is 4.26. The normalized spacial score (nSPS) is 17.1. The molecular weight excluding hydrogens is 272 g/mol. The van der Waals surface area contributed by atoms with Gasteiger partial charge in [-0.15, -0.1) is 0 Å². The first-order chi connectivity index (χ1) is 10.7. The lowest BCUT2D eigenvalue weighted by Gasteiger charge is -2.33. The first kappa shape index (κ1) is 15.0. The number of benzene rings is 2. The smallest absolute Gasteiger partial charge is 0.167 e. The molecule has 0 bridgehead atoms. The molecule has 0 heterocycles. The fourth-order valence-electron chi connectivity index (χ4n) is 3.41. The maximum atomic E-state index is 12.7. The van der Waals surface area contributed by atoms with E-state index in [9.17, 15) is 9.90 Å². The van der Waals surface area contributed by atoms with Gasteiger partial charge in [-0.25, -0.2) is 0 Å². The van der Waals surface area contributed by atoms with Crippen molar-refractivity contribution < 1.29 is 9.90 Å². The van der Waals surface area contributed by atoms with Crippen LogP contribution in [0.25, 0.3) is 0 Å². The Balaban J connectivity index is 1.89. The minimum Gasteiger partial charge on any atom is -0.385 e. The zero-order valence-corrected chi connectivity index (χ0v) is 12.8. The van der Waals surface area contributed by atoms with E-state index in [0.29, 0.717) is 12.0 Å². The third-order valence-corrected chi connectivity index (χ3v) is 4.62. The quantitative estimate of drug-likeness (QED) is 0.855. The Bertz CT molecular complexity index is 640. The van der Waals surface area contributed by atoms with Crippen molar-refractivity contribution in [3.63, 3.8) is 0 Å². The average molecular weight is 294 g/mol. The predicted molar refractivity (Wildman–Crippen MR) is 87.9 cm³/mol. The Labute approximate surface area is 131 Å². The molecule has 2 nitrogen and oxygen atoms in total. The van der Waals surface area contributed by atoms with Gasteiger partial charge in [-0.1, -0.05) is 73.9 Å². The van der Waals surface area contributed by atoms with E-state index < -0.39 is 5.60 Å². The Morgan fingerprint density at radius 3 is 2.27 bits per heavy atom. The summed E-state index contributed by atoms with van der Waals surface area (Å²) < 4.78 is 0. The highest BCUT2D eigenvalue weighted by Crippen LogP contribution is 2.38. The monoisotopic (exact) mass is 294 g/mol. The minimum absolute atomic E-state index is 0.0841. The fraction of sp³-hybridized carbons (Fsp3) is 0.350. The van der Waals surface area contributed by atoms with E-state index in [1.54, 1.807) is 0 Å². The second kappa shape index (κ2) is 6.45. The Morgan fingerprint density at radius 1 is 0.909 bits per heavy atom. The van der Waals surface area contributed by atoms with E-state index >= 15 is 0 Å². The molecule has 2 aromatic carbocycles. The zero-order chi connectivity index (χ0) is 15.4. The van der Waals surface area contributed by atoms with E-state index in [-0.39, 0.29) is 5.78 Å². The molecule has 22 heavy (non-hydrogen) atoms. The van der Waals surface area contributed by atoms with Crippen molar-refractivity contribution in [2.24, 2.45) is 0 Å². The molecule has 1 fully saturated rings. The zero-order valence-electron chi connectivity index (χ0n) is 12.8. The van der Waals surface area contributed by atoms with Crippen molar-refractivity contribution in [2.75, 3.05) is 0 Å². The van der Waals surface area contributed by atoms with Gasteiger partial charge in [0.05, 0.1) is 5.60 Å². The van der Waals surface area contributed by atoms with Crippen LogP contribution in [-0.2, 0) is 12.0 Å². The number of aliphatic hydroxyl groups is 1. The van der Waals surface area contributed by atoms with Crippen molar-refractivity contribution in [2.45, 2.75) is 44.1 Å². The summed E-state index contributed by atoms with van der Waals surface area (Å²) in [6.07, 6.45) is 5.11. The summed E-state index contributed by atoms with van der Waals surface area (Å²) in [7, 11) is 0. The van der Waals surface area contributed by atoms with Crippen LogP contribution in [0.2, 0.25) is 0 Å².